The number of aromatic hydroxyl groups is 1. The summed E-state index contributed by atoms with van der Waals surface area (Å²) in [7, 11) is 0. The van der Waals surface area contributed by atoms with Gasteiger partial charge in [-0.05, 0) is 24.3 Å². The van der Waals surface area contributed by atoms with E-state index in [1.54, 1.807) is 36.4 Å². The third kappa shape index (κ3) is 4.61. The van der Waals surface area contributed by atoms with Gasteiger partial charge >= 0.3 is 0 Å². The number of carbonyl (C=O) groups excluding carboxylic acids is 1. The maximum atomic E-state index is 13.3. The molecule has 0 saturated carbocycles. The van der Waals surface area contributed by atoms with Crippen molar-refractivity contribution < 1.29 is 14.3 Å². The Labute approximate surface area is 125 Å². The van der Waals surface area contributed by atoms with E-state index in [0.717, 1.165) is 11.8 Å². The van der Waals surface area contributed by atoms with Crippen LogP contribution in [-0.4, -0.2) is 23.0 Å². The molecule has 2 rings (SSSR count). The van der Waals surface area contributed by atoms with Crippen molar-refractivity contribution in [3.05, 3.63) is 59.9 Å². The molecule has 2 aromatic rings. The molecule has 0 unspecified atom stereocenters. The summed E-state index contributed by atoms with van der Waals surface area (Å²) in [5.74, 6) is -0.571. The van der Waals surface area contributed by atoms with E-state index >= 15 is 0 Å². The first-order valence-electron chi connectivity index (χ1n) is 6.14. The van der Waals surface area contributed by atoms with E-state index < -0.39 is 0 Å². The monoisotopic (exact) mass is 304 g/mol. The minimum absolute atomic E-state index is 0.0546. The number of hydrazone groups is 1. The molecule has 0 saturated heterocycles. The fourth-order valence-electron chi connectivity index (χ4n) is 1.51. The number of para-hydroxylation sites is 1. The summed E-state index contributed by atoms with van der Waals surface area (Å²) in [4.78, 5) is 12.0. The number of hydrogen-bond donors (Lipinski definition) is 2. The van der Waals surface area contributed by atoms with E-state index in [1.165, 1.54) is 18.3 Å². The van der Waals surface area contributed by atoms with Gasteiger partial charge in [-0.2, -0.15) is 5.10 Å². The average Bonchev–Trinajstić information content (AvgIpc) is 2.48. The van der Waals surface area contributed by atoms with Crippen molar-refractivity contribution in [3.8, 4) is 5.75 Å². The van der Waals surface area contributed by atoms with Crippen molar-refractivity contribution in [1.82, 2.24) is 5.43 Å². The lowest BCUT2D eigenvalue weighted by molar-refractivity contribution is -0.118. The Morgan fingerprint density at radius 3 is 2.71 bits per heavy atom. The zero-order valence-electron chi connectivity index (χ0n) is 11.0. The maximum absolute atomic E-state index is 13.3. The van der Waals surface area contributed by atoms with Crippen LogP contribution in [0.5, 0.6) is 5.75 Å². The Morgan fingerprint density at radius 2 is 1.95 bits per heavy atom. The molecule has 1 amide bonds. The smallest absolute Gasteiger partial charge is 0.250 e. The number of rotatable bonds is 5. The third-order valence-electron chi connectivity index (χ3n) is 2.53. The Bertz CT molecular complexity index is 662. The molecule has 0 heterocycles. The molecule has 0 spiro atoms. The van der Waals surface area contributed by atoms with Crippen LogP contribution in [0.15, 0.2) is 58.5 Å². The minimum atomic E-state index is -0.354. The number of benzene rings is 2. The van der Waals surface area contributed by atoms with Crippen molar-refractivity contribution in [2.24, 2.45) is 5.10 Å². The fourth-order valence-corrected chi connectivity index (χ4v) is 2.24. The van der Waals surface area contributed by atoms with Gasteiger partial charge in [0.05, 0.1) is 12.0 Å². The molecule has 2 N–H and O–H groups in total. The molecular formula is C15H13FN2O2S. The number of hydrogen-bond acceptors (Lipinski definition) is 4. The summed E-state index contributed by atoms with van der Waals surface area (Å²) in [6, 6.07) is 12.9. The van der Waals surface area contributed by atoms with Crippen LogP contribution in [-0.2, 0) is 4.79 Å². The largest absolute Gasteiger partial charge is 0.507 e. The first-order valence-corrected chi connectivity index (χ1v) is 7.12. The van der Waals surface area contributed by atoms with Gasteiger partial charge in [-0.3, -0.25) is 4.79 Å². The molecule has 21 heavy (non-hydrogen) atoms. The number of nitrogens with one attached hydrogen (secondary N) is 1. The van der Waals surface area contributed by atoms with E-state index in [4.69, 9.17) is 0 Å². The zero-order valence-corrected chi connectivity index (χ0v) is 11.8. The molecule has 4 nitrogen and oxygen atoms in total. The van der Waals surface area contributed by atoms with E-state index in [-0.39, 0.29) is 23.2 Å². The Balaban J connectivity index is 1.83. The predicted molar refractivity (Wildman–Crippen MR) is 81.0 cm³/mol. The number of nitrogens with zero attached hydrogens (tertiary/aromatic N) is 1. The quantitative estimate of drug-likeness (QED) is 0.507. The van der Waals surface area contributed by atoms with Crippen LogP contribution in [0.3, 0.4) is 0 Å². The molecule has 0 aliphatic rings. The molecule has 2 aromatic carbocycles. The zero-order chi connectivity index (χ0) is 15.1. The molecule has 0 atom stereocenters. The van der Waals surface area contributed by atoms with Crippen LogP contribution in [0.1, 0.15) is 5.56 Å². The number of amides is 1. The van der Waals surface area contributed by atoms with Gasteiger partial charge in [-0.1, -0.05) is 24.3 Å². The Kier molecular flexibility index (Phi) is 5.34. The number of carbonyl (C=O) groups is 1. The van der Waals surface area contributed by atoms with Gasteiger partial charge in [0.25, 0.3) is 0 Å². The minimum Gasteiger partial charge on any atom is -0.507 e. The summed E-state index contributed by atoms with van der Waals surface area (Å²) >= 11 is 1.09. The van der Waals surface area contributed by atoms with Crippen LogP contribution in [0.25, 0.3) is 0 Å². The molecule has 108 valence electrons. The number of thioether (sulfide) groups is 1. The van der Waals surface area contributed by atoms with Gasteiger partial charge in [-0.25, -0.2) is 9.82 Å². The first kappa shape index (κ1) is 15.1. The van der Waals surface area contributed by atoms with Crippen molar-refractivity contribution in [2.75, 3.05) is 5.75 Å². The highest BCUT2D eigenvalue weighted by Crippen LogP contribution is 2.20. The van der Waals surface area contributed by atoms with Crippen LogP contribution in [0.2, 0.25) is 0 Å². The third-order valence-corrected chi connectivity index (χ3v) is 3.57. The topological polar surface area (TPSA) is 61.7 Å². The molecule has 0 aliphatic carbocycles. The van der Waals surface area contributed by atoms with Crippen LogP contribution in [0.4, 0.5) is 4.39 Å². The van der Waals surface area contributed by atoms with Crippen LogP contribution < -0.4 is 5.43 Å². The summed E-state index contributed by atoms with van der Waals surface area (Å²) < 4.78 is 13.3. The highest BCUT2D eigenvalue weighted by Gasteiger charge is 2.05. The van der Waals surface area contributed by atoms with Gasteiger partial charge in [0.2, 0.25) is 5.91 Å². The molecule has 0 fully saturated rings. The summed E-state index contributed by atoms with van der Waals surface area (Å²) in [5.41, 5.74) is 2.82. The fraction of sp³-hybridized carbons (Fsp3) is 0.0667. The molecule has 0 aliphatic heterocycles. The lowest BCUT2D eigenvalue weighted by atomic mass is 10.2. The second-order valence-corrected chi connectivity index (χ2v) is 5.09. The molecular weight excluding hydrogens is 291 g/mol. The summed E-state index contributed by atoms with van der Waals surface area (Å²) in [6.45, 7) is 0. The van der Waals surface area contributed by atoms with Gasteiger partial charge in [0, 0.05) is 10.5 Å². The first-order chi connectivity index (χ1) is 10.2. The van der Waals surface area contributed by atoms with E-state index in [0.29, 0.717) is 10.5 Å². The SMILES string of the molecule is O=C(CSc1ccccc1F)N/N=C/c1ccccc1O. The average molecular weight is 304 g/mol. The van der Waals surface area contributed by atoms with Crippen molar-refractivity contribution in [1.29, 1.82) is 0 Å². The van der Waals surface area contributed by atoms with Gasteiger partial charge in [0.15, 0.2) is 0 Å². The lowest BCUT2D eigenvalue weighted by Crippen LogP contribution is -2.19. The van der Waals surface area contributed by atoms with Crippen molar-refractivity contribution in [3.63, 3.8) is 0 Å². The molecule has 6 heteroatoms. The van der Waals surface area contributed by atoms with E-state index in [1.807, 2.05) is 0 Å². The van der Waals surface area contributed by atoms with E-state index in [9.17, 15) is 14.3 Å². The van der Waals surface area contributed by atoms with Crippen LogP contribution in [0, 0.1) is 5.82 Å². The second kappa shape index (κ2) is 7.44. The summed E-state index contributed by atoms with van der Waals surface area (Å²) in [6.07, 6.45) is 1.35. The molecule has 0 bridgehead atoms. The predicted octanol–water partition coefficient (Wildman–Crippen LogP) is 2.77. The number of phenolic OH excluding ortho intramolecular Hbond substituents is 1. The molecule has 0 radical (unpaired) electrons. The Hall–Kier alpha value is -2.34. The van der Waals surface area contributed by atoms with Gasteiger partial charge < -0.3 is 5.11 Å². The normalized spacial score (nSPS) is 10.7. The van der Waals surface area contributed by atoms with Crippen LogP contribution >= 0.6 is 11.8 Å². The maximum Gasteiger partial charge on any atom is 0.250 e. The molecule has 0 aromatic heterocycles. The number of halogens is 1. The Morgan fingerprint density at radius 1 is 1.24 bits per heavy atom. The lowest BCUT2D eigenvalue weighted by Gasteiger charge is -2.02. The van der Waals surface area contributed by atoms with Gasteiger partial charge in [-0.15, -0.1) is 11.8 Å². The van der Waals surface area contributed by atoms with E-state index in [2.05, 4.69) is 10.5 Å². The van der Waals surface area contributed by atoms with Crippen molar-refractivity contribution >= 4 is 23.9 Å². The second-order valence-electron chi connectivity index (χ2n) is 4.07. The highest BCUT2D eigenvalue weighted by atomic mass is 32.2. The standard InChI is InChI=1S/C15H13FN2O2S/c16-12-6-2-4-8-14(12)21-10-15(20)18-17-9-11-5-1-3-7-13(11)19/h1-9,19H,10H2,(H,18,20)/b17-9+. The highest BCUT2D eigenvalue weighted by molar-refractivity contribution is 8.00. The number of phenols is 1. The summed E-state index contributed by atoms with van der Waals surface area (Å²) in [5, 5.41) is 13.3. The van der Waals surface area contributed by atoms with Gasteiger partial charge in [0.1, 0.15) is 11.6 Å². The van der Waals surface area contributed by atoms with Crippen molar-refractivity contribution in [2.45, 2.75) is 4.90 Å².